The van der Waals surface area contributed by atoms with Gasteiger partial charge in [-0.3, -0.25) is 0 Å². The first-order chi connectivity index (χ1) is 12.3. The summed E-state index contributed by atoms with van der Waals surface area (Å²) >= 11 is 3.72. The van der Waals surface area contributed by atoms with Gasteiger partial charge in [-0.25, -0.2) is 0 Å². The maximum Gasteiger partial charge on any atom is 0.0253 e. The molecule has 0 N–H and O–H groups in total. The maximum atomic E-state index is 3.72. The molecule has 3 aromatic carbocycles. The lowest BCUT2D eigenvalue weighted by atomic mass is 9.87. The third-order valence-electron chi connectivity index (χ3n) is 5.53. The minimum Gasteiger partial charge on any atom is -0.0770 e. The predicted octanol–water partition coefficient (Wildman–Crippen LogP) is 4.86. The Kier molecular flexibility index (Phi) is 3.64. The van der Waals surface area contributed by atoms with E-state index in [1.807, 2.05) is 0 Å². The van der Waals surface area contributed by atoms with Crippen molar-refractivity contribution in [3.8, 4) is 11.1 Å². The van der Waals surface area contributed by atoms with E-state index in [4.69, 9.17) is 0 Å². The van der Waals surface area contributed by atoms with Crippen LogP contribution in [0.5, 0.6) is 0 Å². The van der Waals surface area contributed by atoms with Crippen molar-refractivity contribution in [2.75, 3.05) is 0 Å². The lowest BCUT2D eigenvalue weighted by Crippen LogP contribution is -2.20. The Morgan fingerprint density at radius 2 is 1.60 bits per heavy atom. The summed E-state index contributed by atoms with van der Waals surface area (Å²) in [5, 5.41) is 5.65. The van der Waals surface area contributed by atoms with Crippen molar-refractivity contribution in [3.05, 3.63) is 91.1 Å². The molecule has 25 heavy (non-hydrogen) atoms. The van der Waals surface area contributed by atoms with Gasteiger partial charge in [0.25, 0.3) is 0 Å². The first-order valence-corrected chi connectivity index (χ1v) is 9.81. The van der Waals surface area contributed by atoms with Crippen LogP contribution >= 0.6 is 15.9 Å². The lowest BCUT2D eigenvalue weighted by Gasteiger charge is -2.17. The molecule has 0 bridgehead atoms. The van der Waals surface area contributed by atoms with Crippen LogP contribution in [0.1, 0.15) is 24.0 Å². The molecule has 122 valence electrons. The number of benzene rings is 3. The van der Waals surface area contributed by atoms with Gasteiger partial charge in [0.15, 0.2) is 0 Å². The van der Waals surface area contributed by atoms with Crippen molar-refractivity contribution < 1.29 is 0 Å². The number of halogens is 1. The molecular weight excluding hydrogens is 368 g/mol. The van der Waals surface area contributed by atoms with Crippen LogP contribution in [0.15, 0.2) is 59.1 Å². The predicted molar refractivity (Wildman–Crippen MR) is 109 cm³/mol. The van der Waals surface area contributed by atoms with E-state index >= 15 is 0 Å². The molecule has 0 spiro atoms. The molecule has 0 heterocycles. The Labute approximate surface area is 156 Å². The van der Waals surface area contributed by atoms with E-state index < -0.39 is 0 Å². The molecule has 0 radical (unpaired) electrons. The average molecular weight is 387 g/mol. The van der Waals surface area contributed by atoms with Crippen LogP contribution in [0.4, 0.5) is 0 Å². The summed E-state index contributed by atoms with van der Waals surface area (Å²) in [6.45, 7) is 0. The smallest absolute Gasteiger partial charge is 0.0253 e. The van der Waals surface area contributed by atoms with Crippen LogP contribution < -0.4 is 10.4 Å². The van der Waals surface area contributed by atoms with Crippen molar-refractivity contribution in [2.24, 2.45) is 0 Å². The normalized spacial score (nSPS) is 14.6. The van der Waals surface area contributed by atoms with Crippen LogP contribution in [-0.4, -0.2) is 0 Å². The second-order valence-corrected chi connectivity index (χ2v) is 7.77. The summed E-state index contributed by atoms with van der Waals surface area (Å²) in [7, 11) is 0. The quantitative estimate of drug-likeness (QED) is 0.560. The first-order valence-electron chi connectivity index (χ1n) is 9.02. The largest absolute Gasteiger partial charge is 0.0770 e. The fraction of sp³-hybridized carbons (Fsp3) is 0.167. The summed E-state index contributed by atoms with van der Waals surface area (Å²) in [5.41, 5.74) is 5.72. The molecule has 0 nitrogen and oxygen atoms in total. The molecule has 0 saturated heterocycles. The number of rotatable bonds is 1. The van der Waals surface area contributed by atoms with Crippen molar-refractivity contribution in [2.45, 2.75) is 25.7 Å². The van der Waals surface area contributed by atoms with Crippen molar-refractivity contribution in [1.29, 1.82) is 0 Å². The highest BCUT2D eigenvalue weighted by Gasteiger charge is 2.13. The molecule has 0 atom stereocenters. The van der Waals surface area contributed by atoms with E-state index in [9.17, 15) is 0 Å². The average Bonchev–Trinajstić information content (AvgIpc) is 2.67. The monoisotopic (exact) mass is 386 g/mol. The van der Waals surface area contributed by atoms with Gasteiger partial charge in [-0.2, -0.15) is 0 Å². The van der Waals surface area contributed by atoms with Gasteiger partial charge in [-0.15, -0.1) is 0 Å². The Morgan fingerprint density at radius 1 is 0.720 bits per heavy atom. The van der Waals surface area contributed by atoms with Crippen molar-refractivity contribution in [1.82, 2.24) is 0 Å². The highest BCUT2D eigenvalue weighted by atomic mass is 79.9. The van der Waals surface area contributed by atoms with Crippen LogP contribution in [0.3, 0.4) is 0 Å². The molecule has 0 saturated carbocycles. The van der Waals surface area contributed by atoms with E-state index in [-0.39, 0.29) is 0 Å². The molecule has 0 aliphatic heterocycles. The molecule has 2 aliphatic carbocycles. The van der Waals surface area contributed by atoms with Crippen LogP contribution in [0.25, 0.3) is 23.3 Å². The molecule has 0 amide bonds. The first kappa shape index (κ1) is 15.2. The van der Waals surface area contributed by atoms with Crippen molar-refractivity contribution in [3.63, 3.8) is 0 Å². The molecule has 2 aliphatic rings. The van der Waals surface area contributed by atoms with Gasteiger partial charge < -0.3 is 0 Å². The number of hydrogen-bond donors (Lipinski definition) is 0. The van der Waals surface area contributed by atoms with E-state index in [0.717, 1.165) is 10.9 Å². The number of hydrogen-bond acceptors (Lipinski definition) is 0. The van der Waals surface area contributed by atoms with Crippen LogP contribution in [-0.2, 0) is 12.8 Å². The topological polar surface area (TPSA) is 0 Å². The molecule has 5 rings (SSSR count). The fourth-order valence-electron chi connectivity index (χ4n) is 4.36. The summed E-state index contributed by atoms with van der Waals surface area (Å²) in [5.74, 6) is 0. The van der Waals surface area contributed by atoms with Crippen LogP contribution in [0, 0.1) is 10.4 Å². The van der Waals surface area contributed by atoms with Gasteiger partial charge in [-0.05, 0) is 74.9 Å². The molecule has 1 heteroatoms. The standard InChI is InChI=1S/C24H19Br/c25-24-11-4-3-8-23(24)19-10-5-9-18-21-13-12-16-6-1-2-7-17(16)20(21)14-15-22(18)19/h3-6,8-13,15H,1-2,7,14H2. The Morgan fingerprint density at radius 3 is 2.52 bits per heavy atom. The molecule has 0 unspecified atom stereocenters. The fourth-order valence-corrected chi connectivity index (χ4v) is 4.86. The van der Waals surface area contributed by atoms with Gasteiger partial charge in [0.2, 0.25) is 0 Å². The minimum absolute atomic E-state index is 1.04. The van der Waals surface area contributed by atoms with E-state index in [2.05, 4.69) is 82.7 Å². The second kappa shape index (κ2) is 6.00. The summed E-state index contributed by atoms with van der Waals surface area (Å²) in [6.07, 6.45) is 9.61. The Bertz CT molecular complexity index is 1200. The van der Waals surface area contributed by atoms with Gasteiger partial charge >= 0.3 is 0 Å². The molecule has 0 fully saturated rings. The van der Waals surface area contributed by atoms with E-state index in [1.165, 1.54) is 51.3 Å². The van der Waals surface area contributed by atoms with Gasteiger partial charge in [0.1, 0.15) is 0 Å². The summed E-state index contributed by atoms with van der Waals surface area (Å²) < 4.78 is 1.16. The van der Waals surface area contributed by atoms with Crippen molar-refractivity contribution >= 4 is 28.1 Å². The highest BCUT2D eigenvalue weighted by molar-refractivity contribution is 9.10. The third kappa shape index (κ3) is 2.41. The number of fused-ring (bicyclic) bond motifs is 4. The lowest BCUT2D eigenvalue weighted by molar-refractivity contribution is 0.824. The Balaban J connectivity index is 1.90. The Hall–Kier alpha value is -2.12. The van der Waals surface area contributed by atoms with E-state index in [0.29, 0.717) is 0 Å². The van der Waals surface area contributed by atoms with E-state index in [1.54, 1.807) is 11.1 Å². The zero-order valence-corrected chi connectivity index (χ0v) is 15.6. The van der Waals surface area contributed by atoms with Gasteiger partial charge in [0, 0.05) is 4.47 Å². The minimum atomic E-state index is 1.04. The summed E-state index contributed by atoms with van der Waals surface area (Å²) in [6, 6.07) is 19.9. The second-order valence-electron chi connectivity index (χ2n) is 6.91. The zero-order chi connectivity index (χ0) is 16.8. The van der Waals surface area contributed by atoms with Gasteiger partial charge in [0.05, 0.1) is 0 Å². The van der Waals surface area contributed by atoms with Crippen LogP contribution in [0.2, 0.25) is 0 Å². The summed E-state index contributed by atoms with van der Waals surface area (Å²) in [4.78, 5) is 0. The molecule has 0 aromatic heterocycles. The third-order valence-corrected chi connectivity index (χ3v) is 6.22. The zero-order valence-electron chi connectivity index (χ0n) is 14.1. The maximum absolute atomic E-state index is 3.72. The molecule has 3 aromatic rings. The molecular formula is C24H19Br. The van der Waals surface area contributed by atoms with Gasteiger partial charge in [-0.1, -0.05) is 76.6 Å². The highest BCUT2D eigenvalue weighted by Crippen LogP contribution is 2.26. The SMILES string of the molecule is Brc1ccccc1-c1cccc2c1=CCc1c3c(ccc1=2)=CCCC3.